The summed E-state index contributed by atoms with van der Waals surface area (Å²) in [6.45, 7) is 2.05. The van der Waals surface area contributed by atoms with Crippen LogP contribution in [0.1, 0.15) is 11.1 Å². The van der Waals surface area contributed by atoms with Crippen molar-refractivity contribution in [1.82, 2.24) is 9.55 Å². The Balaban J connectivity index is 1.95. The van der Waals surface area contributed by atoms with Gasteiger partial charge in [0.1, 0.15) is 5.82 Å². The number of nitrogens with zero attached hydrogens (tertiary/aromatic N) is 2. The van der Waals surface area contributed by atoms with Gasteiger partial charge < -0.3 is 5.73 Å². The lowest BCUT2D eigenvalue weighted by atomic mass is 10.2. The smallest absolute Gasteiger partial charge is 0.275 e. The molecule has 0 unspecified atom stereocenters. The van der Waals surface area contributed by atoms with Crippen LogP contribution in [0.2, 0.25) is 5.02 Å². The fraction of sp³-hybridized carbons (Fsp3) is 0.111. The fourth-order valence-electron chi connectivity index (χ4n) is 2.26. The van der Waals surface area contributed by atoms with Crippen molar-refractivity contribution in [3.63, 3.8) is 0 Å². The average molecular weight is 358 g/mol. The number of hydrogen-bond acceptors (Lipinski definition) is 4. The van der Waals surface area contributed by atoms with E-state index in [9.17, 15) is 4.79 Å². The van der Waals surface area contributed by atoms with Gasteiger partial charge in [-0.25, -0.2) is 0 Å². The molecule has 1 heterocycles. The fourth-order valence-corrected chi connectivity index (χ4v) is 3.37. The monoisotopic (exact) mass is 357 g/mol. The highest BCUT2D eigenvalue weighted by molar-refractivity contribution is 7.98. The Bertz CT molecular complexity index is 905. The Morgan fingerprint density at radius 2 is 1.79 bits per heavy atom. The lowest BCUT2D eigenvalue weighted by Gasteiger charge is -2.14. The minimum absolute atomic E-state index is 0.343. The third-order valence-electron chi connectivity index (χ3n) is 3.50. The number of benzene rings is 2. The van der Waals surface area contributed by atoms with Crippen LogP contribution in [-0.2, 0) is 5.75 Å². The summed E-state index contributed by atoms with van der Waals surface area (Å²) in [5.74, 6) is 1.05. The molecule has 3 aromatic rings. The Morgan fingerprint density at radius 3 is 2.46 bits per heavy atom. The van der Waals surface area contributed by atoms with Crippen LogP contribution in [0.15, 0.2) is 64.5 Å². The van der Waals surface area contributed by atoms with Crippen LogP contribution >= 0.6 is 23.4 Å². The molecule has 4 nitrogen and oxygen atoms in total. The van der Waals surface area contributed by atoms with E-state index in [0.29, 0.717) is 21.7 Å². The maximum absolute atomic E-state index is 11.8. The minimum Gasteiger partial charge on any atom is -0.385 e. The number of hydrogen-bond donors (Lipinski definition) is 1. The molecule has 0 radical (unpaired) electrons. The molecular weight excluding hydrogens is 342 g/mol. The van der Waals surface area contributed by atoms with Gasteiger partial charge in [-0.1, -0.05) is 53.2 Å². The SMILES string of the molecule is Cc1ccc(CSc2nc(=O)cc(N)n2-c2ccc(Cl)cc2)cc1. The zero-order valence-electron chi connectivity index (χ0n) is 13.1. The summed E-state index contributed by atoms with van der Waals surface area (Å²) in [5, 5.41) is 1.20. The lowest BCUT2D eigenvalue weighted by Crippen LogP contribution is -2.16. The molecule has 0 bridgehead atoms. The van der Waals surface area contributed by atoms with E-state index in [2.05, 4.69) is 36.2 Å². The number of anilines is 1. The lowest BCUT2D eigenvalue weighted by molar-refractivity contribution is 0.823. The second kappa shape index (κ2) is 7.11. The molecule has 0 amide bonds. The second-order valence-electron chi connectivity index (χ2n) is 5.39. The Morgan fingerprint density at radius 1 is 1.12 bits per heavy atom. The molecule has 0 aliphatic rings. The first-order chi connectivity index (χ1) is 11.5. The van der Waals surface area contributed by atoms with Gasteiger partial charge in [-0.15, -0.1) is 0 Å². The summed E-state index contributed by atoms with van der Waals surface area (Å²) in [6, 6.07) is 16.8. The van der Waals surface area contributed by atoms with Crippen molar-refractivity contribution in [2.24, 2.45) is 0 Å². The van der Waals surface area contributed by atoms with Gasteiger partial charge in [-0.05, 0) is 36.8 Å². The standard InChI is InChI=1S/C18H16ClN3OS/c1-12-2-4-13(5-3-12)11-24-18-21-17(23)10-16(20)22(18)15-8-6-14(19)7-9-15/h2-10H,11,20H2,1H3. The van der Waals surface area contributed by atoms with Crippen LogP contribution in [0.3, 0.4) is 0 Å². The molecule has 0 fully saturated rings. The van der Waals surface area contributed by atoms with Gasteiger partial charge in [0, 0.05) is 22.5 Å². The Labute approximate surface area is 149 Å². The Kier molecular flexibility index (Phi) is 4.92. The van der Waals surface area contributed by atoms with Crippen molar-refractivity contribution >= 4 is 29.2 Å². The van der Waals surface area contributed by atoms with Gasteiger partial charge in [0.2, 0.25) is 0 Å². The van der Waals surface area contributed by atoms with Gasteiger partial charge in [-0.3, -0.25) is 9.36 Å². The molecule has 0 saturated carbocycles. The molecule has 1 aromatic heterocycles. The molecular formula is C18H16ClN3OS. The number of nitrogen functional groups attached to an aromatic ring is 1. The first kappa shape index (κ1) is 16.6. The zero-order valence-corrected chi connectivity index (χ0v) is 14.6. The number of thioether (sulfide) groups is 1. The number of aromatic nitrogens is 2. The van der Waals surface area contributed by atoms with Crippen molar-refractivity contribution in [3.05, 3.63) is 81.1 Å². The van der Waals surface area contributed by atoms with E-state index < -0.39 is 0 Å². The van der Waals surface area contributed by atoms with Crippen molar-refractivity contribution in [3.8, 4) is 5.69 Å². The molecule has 2 aromatic carbocycles. The van der Waals surface area contributed by atoms with Crippen molar-refractivity contribution in [2.75, 3.05) is 5.73 Å². The predicted octanol–water partition coefficient (Wildman–Crippen LogP) is 4.07. The van der Waals surface area contributed by atoms with Gasteiger partial charge in [0.05, 0.1) is 0 Å². The van der Waals surface area contributed by atoms with E-state index in [0.717, 1.165) is 11.3 Å². The number of aryl methyl sites for hydroxylation is 1. The topological polar surface area (TPSA) is 60.9 Å². The summed E-state index contributed by atoms with van der Waals surface area (Å²) < 4.78 is 1.76. The van der Waals surface area contributed by atoms with Crippen LogP contribution in [0, 0.1) is 6.92 Å². The first-order valence-corrected chi connectivity index (χ1v) is 8.73. The quantitative estimate of drug-likeness (QED) is 0.564. The highest BCUT2D eigenvalue weighted by Gasteiger charge is 2.11. The van der Waals surface area contributed by atoms with Gasteiger partial charge >= 0.3 is 0 Å². The maximum atomic E-state index is 11.8. The summed E-state index contributed by atoms with van der Waals surface area (Å²) >= 11 is 7.42. The normalized spacial score (nSPS) is 10.8. The van der Waals surface area contributed by atoms with Crippen molar-refractivity contribution < 1.29 is 0 Å². The Hall–Kier alpha value is -2.24. The van der Waals surface area contributed by atoms with Crippen LogP contribution < -0.4 is 11.3 Å². The summed E-state index contributed by atoms with van der Waals surface area (Å²) in [6.07, 6.45) is 0. The summed E-state index contributed by atoms with van der Waals surface area (Å²) in [5.41, 5.74) is 8.90. The maximum Gasteiger partial charge on any atom is 0.275 e. The van der Waals surface area contributed by atoms with Gasteiger partial charge in [0.15, 0.2) is 5.16 Å². The van der Waals surface area contributed by atoms with E-state index >= 15 is 0 Å². The largest absolute Gasteiger partial charge is 0.385 e. The van der Waals surface area contributed by atoms with Crippen molar-refractivity contribution in [1.29, 1.82) is 0 Å². The minimum atomic E-state index is -0.343. The highest BCUT2D eigenvalue weighted by atomic mass is 35.5. The summed E-state index contributed by atoms with van der Waals surface area (Å²) in [7, 11) is 0. The van der Waals surface area contributed by atoms with Crippen LogP contribution in [0.25, 0.3) is 5.69 Å². The molecule has 0 spiro atoms. The van der Waals surface area contributed by atoms with Gasteiger partial charge in [0.25, 0.3) is 5.56 Å². The van der Waals surface area contributed by atoms with E-state index in [-0.39, 0.29) is 5.56 Å². The third kappa shape index (κ3) is 3.80. The predicted molar refractivity (Wildman–Crippen MR) is 100.0 cm³/mol. The average Bonchev–Trinajstić information content (AvgIpc) is 2.55. The van der Waals surface area contributed by atoms with Crippen LogP contribution in [0.5, 0.6) is 0 Å². The van der Waals surface area contributed by atoms with Crippen LogP contribution in [-0.4, -0.2) is 9.55 Å². The third-order valence-corrected chi connectivity index (χ3v) is 4.76. The molecule has 0 aliphatic carbocycles. The molecule has 24 heavy (non-hydrogen) atoms. The molecule has 3 rings (SSSR count). The van der Waals surface area contributed by atoms with E-state index in [1.165, 1.54) is 23.4 Å². The molecule has 122 valence electrons. The van der Waals surface area contributed by atoms with E-state index in [1.807, 2.05) is 12.1 Å². The van der Waals surface area contributed by atoms with E-state index in [4.69, 9.17) is 17.3 Å². The van der Waals surface area contributed by atoms with Gasteiger partial charge in [-0.2, -0.15) is 4.98 Å². The highest BCUT2D eigenvalue weighted by Crippen LogP contribution is 2.26. The molecule has 6 heteroatoms. The summed E-state index contributed by atoms with van der Waals surface area (Å²) in [4.78, 5) is 15.9. The molecule has 2 N–H and O–H groups in total. The zero-order chi connectivity index (χ0) is 17.1. The molecule has 0 saturated heterocycles. The first-order valence-electron chi connectivity index (χ1n) is 7.37. The number of nitrogens with two attached hydrogens (primary N) is 1. The molecule has 0 aliphatic heterocycles. The van der Waals surface area contributed by atoms with Crippen LogP contribution in [0.4, 0.5) is 5.82 Å². The second-order valence-corrected chi connectivity index (χ2v) is 6.77. The van der Waals surface area contributed by atoms with E-state index in [1.54, 1.807) is 16.7 Å². The van der Waals surface area contributed by atoms with Crippen molar-refractivity contribution in [2.45, 2.75) is 17.8 Å². The number of rotatable bonds is 4. The number of halogens is 1. The molecule has 0 atom stereocenters.